The summed E-state index contributed by atoms with van der Waals surface area (Å²) in [5.41, 5.74) is 8.24. The number of halogens is 1. The van der Waals surface area contributed by atoms with Crippen molar-refractivity contribution in [3.05, 3.63) is 38.9 Å². The third-order valence-electron chi connectivity index (χ3n) is 1.09. The van der Waals surface area contributed by atoms with Crippen molar-refractivity contribution in [2.24, 2.45) is 5.11 Å². The molecule has 0 bridgehead atoms. The van der Waals surface area contributed by atoms with Crippen molar-refractivity contribution in [3.8, 4) is 0 Å². The quantitative estimate of drug-likeness (QED) is 0.419. The molecule has 0 aliphatic heterocycles. The second kappa shape index (κ2) is 3.85. The van der Waals surface area contributed by atoms with Crippen LogP contribution in [0.5, 0.6) is 0 Å². The summed E-state index contributed by atoms with van der Waals surface area (Å²) in [7, 11) is 0. The number of nitrogens with zero attached hydrogens (tertiary/aromatic N) is 4. The fraction of sp³-hybridized carbons (Fsp3) is 0. The molecule has 0 aliphatic rings. The Morgan fingerprint density at radius 2 is 2.42 bits per heavy atom. The molecule has 0 radical (unpaired) electrons. The molecule has 0 aliphatic carbocycles. The predicted molar refractivity (Wildman–Crippen MR) is 45.4 cm³/mol. The number of carbonyl (C=O) groups excluding carboxylic acids is 1. The van der Waals surface area contributed by atoms with E-state index in [2.05, 4.69) is 30.9 Å². The van der Waals surface area contributed by atoms with Crippen LogP contribution in [0.4, 0.5) is 0 Å². The van der Waals surface area contributed by atoms with Crippen LogP contribution in [0, 0.1) is 0 Å². The van der Waals surface area contributed by atoms with Gasteiger partial charge in [-0.2, -0.15) is 0 Å². The fourth-order valence-corrected chi connectivity index (χ4v) is 0.992. The largest absolute Gasteiger partial charge is 0.287 e. The Bertz CT molecular complexity index is 358. The molecule has 5 nitrogen and oxygen atoms in total. The minimum atomic E-state index is -0.633. The Morgan fingerprint density at radius 1 is 1.67 bits per heavy atom. The van der Waals surface area contributed by atoms with Crippen LogP contribution in [-0.2, 0) is 0 Å². The first-order valence-corrected chi connectivity index (χ1v) is 3.73. The molecular formula is C6H3BrN4O. The summed E-state index contributed by atoms with van der Waals surface area (Å²) >= 11 is 3.13. The molecule has 0 saturated carbocycles. The number of carbonyl (C=O) groups is 1. The van der Waals surface area contributed by atoms with Gasteiger partial charge in [-0.3, -0.25) is 9.78 Å². The molecule has 12 heavy (non-hydrogen) atoms. The van der Waals surface area contributed by atoms with E-state index in [9.17, 15) is 4.79 Å². The average Bonchev–Trinajstić information content (AvgIpc) is 2.05. The van der Waals surface area contributed by atoms with E-state index >= 15 is 0 Å². The summed E-state index contributed by atoms with van der Waals surface area (Å²) < 4.78 is 0.668. The molecule has 0 N–H and O–H groups in total. The van der Waals surface area contributed by atoms with E-state index in [1.807, 2.05) is 0 Å². The van der Waals surface area contributed by atoms with Crippen molar-refractivity contribution in [1.82, 2.24) is 4.98 Å². The Kier molecular flexibility index (Phi) is 2.79. The van der Waals surface area contributed by atoms with Gasteiger partial charge in [0.25, 0.3) is 5.91 Å². The van der Waals surface area contributed by atoms with Crippen LogP contribution >= 0.6 is 15.9 Å². The van der Waals surface area contributed by atoms with Gasteiger partial charge < -0.3 is 0 Å². The molecule has 0 saturated heterocycles. The van der Waals surface area contributed by atoms with Gasteiger partial charge in [0, 0.05) is 27.3 Å². The number of amides is 1. The summed E-state index contributed by atoms with van der Waals surface area (Å²) in [6.07, 6.45) is 2.87. The zero-order valence-electron chi connectivity index (χ0n) is 5.81. The number of hydrogen-bond donors (Lipinski definition) is 0. The first-order chi connectivity index (χ1) is 5.74. The summed E-state index contributed by atoms with van der Waals surface area (Å²) in [6.45, 7) is 0. The van der Waals surface area contributed by atoms with Gasteiger partial charge in [0.05, 0.1) is 0 Å². The normalized spacial score (nSPS) is 8.75. The molecular weight excluding hydrogens is 224 g/mol. The molecule has 0 aromatic carbocycles. The van der Waals surface area contributed by atoms with Crippen molar-refractivity contribution >= 4 is 21.8 Å². The summed E-state index contributed by atoms with van der Waals surface area (Å²) in [5.74, 6) is -0.633. The highest BCUT2D eigenvalue weighted by Gasteiger charge is 2.02. The highest BCUT2D eigenvalue weighted by Crippen LogP contribution is 2.10. The minimum Gasteiger partial charge on any atom is -0.287 e. The highest BCUT2D eigenvalue weighted by atomic mass is 79.9. The molecule has 1 amide bonds. The topological polar surface area (TPSA) is 78.7 Å². The van der Waals surface area contributed by atoms with Crippen LogP contribution in [0.3, 0.4) is 0 Å². The van der Waals surface area contributed by atoms with E-state index in [-0.39, 0.29) is 5.56 Å². The Balaban J connectivity index is 3.03. The number of aromatic nitrogens is 1. The predicted octanol–water partition coefficient (Wildman–Crippen LogP) is 2.29. The van der Waals surface area contributed by atoms with E-state index < -0.39 is 5.91 Å². The lowest BCUT2D eigenvalue weighted by Crippen LogP contribution is -1.93. The zero-order valence-corrected chi connectivity index (χ0v) is 7.39. The maximum absolute atomic E-state index is 10.9. The molecule has 60 valence electrons. The van der Waals surface area contributed by atoms with Crippen LogP contribution in [0.2, 0.25) is 0 Å². The number of hydrogen-bond acceptors (Lipinski definition) is 2. The molecule has 0 atom stereocenters. The third-order valence-corrected chi connectivity index (χ3v) is 1.52. The van der Waals surface area contributed by atoms with Crippen LogP contribution in [-0.4, -0.2) is 10.9 Å². The monoisotopic (exact) mass is 226 g/mol. The summed E-state index contributed by atoms with van der Waals surface area (Å²) in [6, 6.07) is 1.53. The van der Waals surface area contributed by atoms with Gasteiger partial charge in [0.1, 0.15) is 0 Å². The van der Waals surface area contributed by atoms with Gasteiger partial charge in [0.15, 0.2) is 0 Å². The Morgan fingerprint density at radius 3 is 3.00 bits per heavy atom. The van der Waals surface area contributed by atoms with Gasteiger partial charge in [-0.05, 0) is 32.6 Å². The summed E-state index contributed by atoms with van der Waals surface area (Å²) in [5, 5.41) is 2.92. The average molecular weight is 227 g/mol. The molecule has 1 aromatic heterocycles. The van der Waals surface area contributed by atoms with Gasteiger partial charge >= 0.3 is 0 Å². The lowest BCUT2D eigenvalue weighted by molar-refractivity contribution is 0.1000. The smallest absolute Gasteiger partial charge is 0.250 e. The lowest BCUT2D eigenvalue weighted by Gasteiger charge is -1.92. The van der Waals surface area contributed by atoms with Gasteiger partial charge in [-0.1, -0.05) is 0 Å². The van der Waals surface area contributed by atoms with E-state index in [0.717, 1.165) is 0 Å². The van der Waals surface area contributed by atoms with Crippen molar-refractivity contribution in [2.75, 3.05) is 0 Å². The second-order valence-corrected chi connectivity index (χ2v) is 2.80. The van der Waals surface area contributed by atoms with Gasteiger partial charge in [0.2, 0.25) is 0 Å². The lowest BCUT2D eigenvalue weighted by atomic mass is 10.3. The first-order valence-electron chi connectivity index (χ1n) is 2.94. The Hall–Kier alpha value is -1.39. The van der Waals surface area contributed by atoms with E-state index in [4.69, 9.17) is 5.53 Å². The molecule has 1 rings (SSSR count). The standard InChI is InChI=1S/C6H3BrN4O/c7-5-1-4(2-9-3-5)6(12)10-11-8/h1-3H. The van der Waals surface area contributed by atoms with E-state index in [1.54, 1.807) is 0 Å². The maximum Gasteiger partial charge on any atom is 0.250 e. The van der Waals surface area contributed by atoms with Crippen molar-refractivity contribution in [2.45, 2.75) is 0 Å². The molecule has 6 heteroatoms. The van der Waals surface area contributed by atoms with Crippen molar-refractivity contribution in [1.29, 1.82) is 0 Å². The number of rotatable bonds is 1. The van der Waals surface area contributed by atoms with Gasteiger partial charge in [-0.15, -0.1) is 0 Å². The molecule has 0 spiro atoms. The van der Waals surface area contributed by atoms with Crippen LogP contribution in [0.25, 0.3) is 10.4 Å². The second-order valence-electron chi connectivity index (χ2n) is 1.89. The maximum atomic E-state index is 10.9. The van der Waals surface area contributed by atoms with Crippen LogP contribution < -0.4 is 0 Å². The van der Waals surface area contributed by atoms with Gasteiger partial charge in [-0.25, -0.2) is 0 Å². The SMILES string of the molecule is [N-]=[N+]=NC(=O)c1cncc(Br)c1. The number of pyridine rings is 1. The third kappa shape index (κ3) is 2.05. The fourth-order valence-electron chi connectivity index (χ4n) is 0.627. The first kappa shape index (κ1) is 8.70. The zero-order chi connectivity index (χ0) is 8.97. The van der Waals surface area contributed by atoms with Crippen molar-refractivity contribution < 1.29 is 4.79 Å². The van der Waals surface area contributed by atoms with Crippen molar-refractivity contribution in [3.63, 3.8) is 0 Å². The molecule has 1 aromatic rings. The highest BCUT2D eigenvalue weighted by molar-refractivity contribution is 9.10. The Labute approximate surface area is 76.2 Å². The van der Waals surface area contributed by atoms with E-state index in [1.165, 1.54) is 18.5 Å². The van der Waals surface area contributed by atoms with E-state index in [0.29, 0.717) is 4.47 Å². The molecule has 0 unspecified atom stereocenters. The van der Waals surface area contributed by atoms with Crippen LogP contribution in [0.1, 0.15) is 10.4 Å². The summed E-state index contributed by atoms with van der Waals surface area (Å²) in [4.78, 5) is 17.0. The molecule has 1 heterocycles. The molecule has 0 fully saturated rings. The van der Waals surface area contributed by atoms with Crippen LogP contribution in [0.15, 0.2) is 28.0 Å². The minimum absolute atomic E-state index is 0.266. The number of azide groups is 1.